The number of amides is 1. The van der Waals surface area contributed by atoms with Crippen LogP contribution >= 0.6 is 0 Å². The maximum absolute atomic E-state index is 12.2. The van der Waals surface area contributed by atoms with Crippen molar-refractivity contribution >= 4 is 5.91 Å². The predicted octanol–water partition coefficient (Wildman–Crippen LogP) is 2.01. The van der Waals surface area contributed by atoms with E-state index >= 15 is 0 Å². The zero-order valence-electron chi connectivity index (χ0n) is 10.7. The van der Waals surface area contributed by atoms with Gasteiger partial charge in [0.2, 0.25) is 5.91 Å². The normalized spacial score (nSPS) is 23.2. The van der Waals surface area contributed by atoms with Crippen molar-refractivity contribution in [2.24, 2.45) is 17.6 Å². The number of rotatable bonds is 5. The van der Waals surface area contributed by atoms with Gasteiger partial charge in [0, 0.05) is 19.0 Å². The second-order valence-corrected chi connectivity index (χ2v) is 5.03. The molecule has 2 atom stereocenters. The molecule has 1 saturated heterocycles. The zero-order chi connectivity index (χ0) is 12.0. The highest BCUT2D eigenvalue weighted by Gasteiger charge is 2.25. The summed E-state index contributed by atoms with van der Waals surface area (Å²) in [5.74, 6) is 1.21. The van der Waals surface area contributed by atoms with Crippen LogP contribution in [0, 0.1) is 11.8 Å². The lowest BCUT2D eigenvalue weighted by Gasteiger charge is -2.34. The standard InChI is InChI=1S/C13H26N2O/c1-3-12-7-5-9-15(10-12)13(16)11(2)6-4-8-14/h11-12H,3-10,14H2,1-2H3. The van der Waals surface area contributed by atoms with Gasteiger partial charge in [-0.3, -0.25) is 4.79 Å². The summed E-state index contributed by atoms with van der Waals surface area (Å²) >= 11 is 0. The predicted molar refractivity (Wildman–Crippen MR) is 67.0 cm³/mol. The molecule has 3 heteroatoms. The molecular formula is C13H26N2O. The second kappa shape index (κ2) is 6.89. The van der Waals surface area contributed by atoms with Gasteiger partial charge in [-0.2, -0.15) is 0 Å². The van der Waals surface area contributed by atoms with Gasteiger partial charge in [-0.1, -0.05) is 20.3 Å². The first-order valence-corrected chi connectivity index (χ1v) is 6.67. The van der Waals surface area contributed by atoms with Gasteiger partial charge < -0.3 is 10.6 Å². The average Bonchev–Trinajstić information content (AvgIpc) is 2.35. The minimum Gasteiger partial charge on any atom is -0.342 e. The van der Waals surface area contributed by atoms with Gasteiger partial charge in [0.05, 0.1) is 0 Å². The number of piperidine rings is 1. The lowest BCUT2D eigenvalue weighted by molar-refractivity contribution is -0.137. The Bertz CT molecular complexity index is 218. The lowest BCUT2D eigenvalue weighted by atomic mass is 9.94. The molecule has 0 aliphatic carbocycles. The number of hydrogen-bond donors (Lipinski definition) is 1. The fraction of sp³-hybridized carbons (Fsp3) is 0.923. The molecule has 0 aromatic carbocycles. The van der Waals surface area contributed by atoms with E-state index in [1.165, 1.54) is 19.3 Å². The van der Waals surface area contributed by atoms with Crippen LogP contribution in [0.2, 0.25) is 0 Å². The van der Waals surface area contributed by atoms with E-state index in [0.29, 0.717) is 12.5 Å². The molecule has 2 unspecified atom stereocenters. The molecule has 2 N–H and O–H groups in total. The first kappa shape index (κ1) is 13.5. The van der Waals surface area contributed by atoms with Crippen molar-refractivity contribution in [2.45, 2.75) is 46.0 Å². The van der Waals surface area contributed by atoms with E-state index in [1.807, 2.05) is 6.92 Å². The summed E-state index contributed by atoms with van der Waals surface area (Å²) in [6.07, 6.45) is 5.55. The van der Waals surface area contributed by atoms with Gasteiger partial charge in [0.25, 0.3) is 0 Å². The third kappa shape index (κ3) is 3.78. The van der Waals surface area contributed by atoms with Crippen LogP contribution in [0.3, 0.4) is 0 Å². The van der Waals surface area contributed by atoms with Gasteiger partial charge in [-0.05, 0) is 38.1 Å². The van der Waals surface area contributed by atoms with Crippen molar-refractivity contribution in [3.8, 4) is 0 Å². The van der Waals surface area contributed by atoms with Gasteiger partial charge in [-0.15, -0.1) is 0 Å². The SMILES string of the molecule is CCC1CCCN(C(=O)C(C)CCCN)C1. The van der Waals surface area contributed by atoms with Crippen LogP contribution in [-0.4, -0.2) is 30.4 Å². The van der Waals surface area contributed by atoms with E-state index in [2.05, 4.69) is 11.8 Å². The summed E-state index contributed by atoms with van der Waals surface area (Å²) in [6, 6.07) is 0. The van der Waals surface area contributed by atoms with E-state index in [9.17, 15) is 4.79 Å². The minimum atomic E-state index is 0.152. The highest BCUT2D eigenvalue weighted by Crippen LogP contribution is 2.21. The van der Waals surface area contributed by atoms with E-state index in [1.54, 1.807) is 0 Å². The highest BCUT2D eigenvalue weighted by molar-refractivity contribution is 5.78. The molecule has 1 aliphatic rings. The minimum absolute atomic E-state index is 0.152. The first-order chi connectivity index (χ1) is 7.69. The summed E-state index contributed by atoms with van der Waals surface area (Å²) in [6.45, 7) is 6.88. The average molecular weight is 226 g/mol. The monoisotopic (exact) mass is 226 g/mol. The van der Waals surface area contributed by atoms with Crippen LogP contribution < -0.4 is 5.73 Å². The molecule has 1 amide bonds. The van der Waals surface area contributed by atoms with Crippen molar-refractivity contribution in [3.05, 3.63) is 0 Å². The molecule has 94 valence electrons. The molecule has 1 fully saturated rings. The number of nitrogens with two attached hydrogens (primary N) is 1. The Morgan fingerprint density at radius 3 is 2.94 bits per heavy atom. The molecule has 0 bridgehead atoms. The summed E-state index contributed by atoms with van der Waals surface area (Å²) in [7, 11) is 0. The lowest BCUT2D eigenvalue weighted by Crippen LogP contribution is -2.42. The smallest absolute Gasteiger partial charge is 0.225 e. The van der Waals surface area contributed by atoms with Crippen LogP contribution in [0.5, 0.6) is 0 Å². The Balaban J connectivity index is 2.40. The Hall–Kier alpha value is -0.570. The number of hydrogen-bond acceptors (Lipinski definition) is 2. The summed E-state index contributed by atoms with van der Waals surface area (Å²) < 4.78 is 0. The van der Waals surface area contributed by atoms with E-state index in [-0.39, 0.29) is 5.92 Å². The number of carbonyl (C=O) groups is 1. The summed E-state index contributed by atoms with van der Waals surface area (Å²) in [5, 5.41) is 0. The molecule has 16 heavy (non-hydrogen) atoms. The third-order valence-electron chi connectivity index (χ3n) is 3.67. The van der Waals surface area contributed by atoms with Gasteiger partial charge >= 0.3 is 0 Å². The van der Waals surface area contributed by atoms with Crippen molar-refractivity contribution in [1.29, 1.82) is 0 Å². The van der Waals surface area contributed by atoms with Crippen LogP contribution in [0.25, 0.3) is 0 Å². The summed E-state index contributed by atoms with van der Waals surface area (Å²) in [5.41, 5.74) is 5.47. The van der Waals surface area contributed by atoms with Crippen LogP contribution in [-0.2, 0) is 4.79 Å². The van der Waals surface area contributed by atoms with Gasteiger partial charge in [-0.25, -0.2) is 0 Å². The van der Waals surface area contributed by atoms with Gasteiger partial charge in [0.1, 0.15) is 0 Å². The van der Waals surface area contributed by atoms with Crippen LogP contribution in [0.15, 0.2) is 0 Å². The summed E-state index contributed by atoms with van der Waals surface area (Å²) in [4.78, 5) is 14.2. The van der Waals surface area contributed by atoms with E-state index in [4.69, 9.17) is 5.73 Å². The second-order valence-electron chi connectivity index (χ2n) is 5.03. The molecule has 0 radical (unpaired) electrons. The Kier molecular flexibility index (Phi) is 5.81. The van der Waals surface area contributed by atoms with Crippen molar-refractivity contribution in [3.63, 3.8) is 0 Å². The van der Waals surface area contributed by atoms with Crippen molar-refractivity contribution < 1.29 is 4.79 Å². The first-order valence-electron chi connectivity index (χ1n) is 6.67. The Morgan fingerprint density at radius 1 is 1.56 bits per heavy atom. The highest BCUT2D eigenvalue weighted by atomic mass is 16.2. The third-order valence-corrected chi connectivity index (χ3v) is 3.67. The largest absolute Gasteiger partial charge is 0.342 e. The maximum atomic E-state index is 12.2. The van der Waals surface area contributed by atoms with E-state index < -0.39 is 0 Å². The fourth-order valence-corrected chi connectivity index (χ4v) is 2.46. The Labute approximate surface area is 99.4 Å². The van der Waals surface area contributed by atoms with Gasteiger partial charge in [0.15, 0.2) is 0 Å². The molecule has 0 aromatic rings. The molecule has 1 aliphatic heterocycles. The molecule has 1 rings (SSSR count). The Morgan fingerprint density at radius 2 is 2.31 bits per heavy atom. The number of likely N-dealkylation sites (tertiary alicyclic amines) is 1. The van der Waals surface area contributed by atoms with Crippen LogP contribution in [0.1, 0.15) is 46.0 Å². The molecule has 1 heterocycles. The number of nitrogens with zero attached hydrogens (tertiary/aromatic N) is 1. The molecule has 3 nitrogen and oxygen atoms in total. The van der Waals surface area contributed by atoms with Crippen LogP contribution in [0.4, 0.5) is 0 Å². The van der Waals surface area contributed by atoms with Crippen molar-refractivity contribution in [2.75, 3.05) is 19.6 Å². The molecule has 0 spiro atoms. The fourth-order valence-electron chi connectivity index (χ4n) is 2.46. The van der Waals surface area contributed by atoms with Crippen molar-refractivity contribution in [1.82, 2.24) is 4.90 Å². The number of carbonyl (C=O) groups excluding carboxylic acids is 1. The molecular weight excluding hydrogens is 200 g/mol. The zero-order valence-corrected chi connectivity index (χ0v) is 10.7. The molecule has 0 aromatic heterocycles. The molecule has 0 saturated carbocycles. The maximum Gasteiger partial charge on any atom is 0.225 e. The topological polar surface area (TPSA) is 46.3 Å². The quantitative estimate of drug-likeness (QED) is 0.779. The van der Waals surface area contributed by atoms with E-state index in [0.717, 1.165) is 31.8 Å².